The van der Waals surface area contributed by atoms with Gasteiger partial charge in [0, 0.05) is 18.5 Å². The summed E-state index contributed by atoms with van der Waals surface area (Å²) in [5, 5.41) is 11.6. The molecule has 21 heavy (non-hydrogen) atoms. The van der Waals surface area contributed by atoms with E-state index in [-0.39, 0.29) is 6.61 Å². The minimum absolute atomic E-state index is 0.230. The molecule has 4 nitrogen and oxygen atoms in total. The molecule has 0 heterocycles. The largest absolute Gasteiger partial charge is 0.444 e. The van der Waals surface area contributed by atoms with Crippen molar-refractivity contribution in [3.8, 4) is 11.8 Å². The van der Waals surface area contributed by atoms with E-state index in [1.54, 1.807) is 26.8 Å². The monoisotopic (exact) mass is 293 g/mol. The summed E-state index contributed by atoms with van der Waals surface area (Å²) in [6, 6.07) is 4.18. The maximum absolute atomic E-state index is 13.2. The number of alkyl carbamates (subject to hydrolysis) is 1. The highest BCUT2D eigenvalue weighted by molar-refractivity contribution is 5.67. The molecular formula is C16H20FNO3. The summed E-state index contributed by atoms with van der Waals surface area (Å²) in [6.45, 7) is 5.48. The van der Waals surface area contributed by atoms with Crippen LogP contribution in [0.2, 0.25) is 0 Å². The highest BCUT2D eigenvalue weighted by atomic mass is 19.1. The number of halogens is 1. The average molecular weight is 293 g/mol. The molecule has 0 aliphatic heterocycles. The average Bonchev–Trinajstić information content (AvgIpc) is 2.35. The van der Waals surface area contributed by atoms with E-state index in [1.165, 1.54) is 12.1 Å². The summed E-state index contributed by atoms with van der Waals surface area (Å²) in [5.41, 5.74) is 0.445. The molecule has 1 amide bonds. The Kier molecular flexibility index (Phi) is 6.19. The van der Waals surface area contributed by atoms with Gasteiger partial charge in [-0.05, 0) is 44.5 Å². The van der Waals surface area contributed by atoms with Crippen LogP contribution >= 0.6 is 0 Å². The van der Waals surface area contributed by atoms with Crippen LogP contribution in [0.3, 0.4) is 0 Å². The maximum Gasteiger partial charge on any atom is 0.407 e. The summed E-state index contributed by atoms with van der Waals surface area (Å²) in [4.78, 5) is 11.4. The van der Waals surface area contributed by atoms with Crippen molar-refractivity contribution in [1.29, 1.82) is 0 Å². The Morgan fingerprint density at radius 2 is 2.10 bits per heavy atom. The second-order valence-corrected chi connectivity index (χ2v) is 5.49. The predicted octanol–water partition coefficient (Wildman–Crippen LogP) is 2.58. The predicted molar refractivity (Wildman–Crippen MR) is 78.1 cm³/mol. The SMILES string of the molecule is CC(C)(C)OC(=O)NCCC#Cc1cc(F)cc(CO)c1. The Bertz CT molecular complexity index is 553. The summed E-state index contributed by atoms with van der Waals surface area (Å²) in [5.74, 6) is 5.19. The van der Waals surface area contributed by atoms with Crippen LogP contribution in [0.4, 0.5) is 9.18 Å². The van der Waals surface area contributed by atoms with E-state index < -0.39 is 17.5 Å². The van der Waals surface area contributed by atoms with Crippen molar-refractivity contribution in [3.05, 3.63) is 35.1 Å². The van der Waals surface area contributed by atoms with E-state index in [9.17, 15) is 9.18 Å². The normalized spacial score (nSPS) is 10.5. The van der Waals surface area contributed by atoms with Crippen LogP contribution in [0.15, 0.2) is 18.2 Å². The van der Waals surface area contributed by atoms with Gasteiger partial charge in [0.1, 0.15) is 11.4 Å². The molecular weight excluding hydrogens is 273 g/mol. The molecule has 114 valence electrons. The number of aliphatic hydroxyl groups excluding tert-OH is 1. The number of benzene rings is 1. The molecule has 0 bridgehead atoms. The first-order valence-electron chi connectivity index (χ1n) is 6.66. The zero-order chi connectivity index (χ0) is 15.9. The van der Waals surface area contributed by atoms with Crippen LogP contribution < -0.4 is 5.32 Å². The lowest BCUT2D eigenvalue weighted by molar-refractivity contribution is 0.0529. The van der Waals surface area contributed by atoms with Gasteiger partial charge < -0.3 is 15.2 Å². The number of amides is 1. The molecule has 0 aliphatic rings. The number of carbonyl (C=O) groups excluding carboxylic acids is 1. The van der Waals surface area contributed by atoms with E-state index in [0.717, 1.165) is 0 Å². The van der Waals surface area contributed by atoms with Gasteiger partial charge in [-0.25, -0.2) is 9.18 Å². The fourth-order valence-electron chi connectivity index (χ4n) is 1.52. The Balaban J connectivity index is 2.43. The Morgan fingerprint density at radius 3 is 2.71 bits per heavy atom. The van der Waals surface area contributed by atoms with E-state index in [1.807, 2.05) is 0 Å². The van der Waals surface area contributed by atoms with Crippen molar-refractivity contribution in [2.24, 2.45) is 0 Å². The van der Waals surface area contributed by atoms with Crippen molar-refractivity contribution in [2.45, 2.75) is 39.4 Å². The van der Waals surface area contributed by atoms with Gasteiger partial charge in [-0.1, -0.05) is 11.8 Å². The first-order valence-corrected chi connectivity index (χ1v) is 6.66. The second kappa shape index (κ2) is 7.65. The Morgan fingerprint density at radius 1 is 1.38 bits per heavy atom. The number of ether oxygens (including phenoxy) is 1. The van der Waals surface area contributed by atoms with Crippen molar-refractivity contribution >= 4 is 6.09 Å². The number of rotatable bonds is 3. The standard InChI is InChI=1S/C16H20FNO3/c1-16(2,3)21-15(20)18-7-5-4-6-12-8-13(11-19)10-14(17)9-12/h8-10,19H,5,7,11H2,1-3H3,(H,18,20). The third kappa shape index (κ3) is 7.33. The minimum atomic E-state index is -0.530. The van der Waals surface area contributed by atoms with Crippen molar-refractivity contribution < 1.29 is 19.0 Å². The van der Waals surface area contributed by atoms with Gasteiger partial charge in [0.15, 0.2) is 0 Å². The first-order chi connectivity index (χ1) is 9.80. The Hall–Kier alpha value is -2.06. The zero-order valence-corrected chi connectivity index (χ0v) is 12.5. The zero-order valence-electron chi connectivity index (χ0n) is 12.5. The number of hydrogen-bond acceptors (Lipinski definition) is 3. The summed E-state index contributed by atoms with van der Waals surface area (Å²) in [6.07, 6.45) is -0.0675. The van der Waals surface area contributed by atoms with Gasteiger partial charge >= 0.3 is 6.09 Å². The fourth-order valence-corrected chi connectivity index (χ4v) is 1.52. The molecule has 0 saturated carbocycles. The molecule has 0 spiro atoms. The summed E-state index contributed by atoms with van der Waals surface area (Å²) < 4.78 is 18.3. The number of carbonyl (C=O) groups is 1. The van der Waals surface area contributed by atoms with Crippen LogP contribution in [0.5, 0.6) is 0 Å². The molecule has 0 aliphatic carbocycles. The molecule has 0 aromatic heterocycles. The highest BCUT2D eigenvalue weighted by Gasteiger charge is 2.15. The van der Waals surface area contributed by atoms with Crippen molar-refractivity contribution in [3.63, 3.8) is 0 Å². The summed E-state index contributed by atoms with van der Waals surface area (Å²) >= 11 is 0. The van der Waals surface area contributed by atoms with Crippen LogP contribution in [0.25, 0.3) is 0 Å². The maximum atomic E-state index is 13.2. The van der Waals surface area contributed by atoms with Gasteiger partial charge in [0.05, 0.1) is 6.61 Å². The minimum Gasteiger partial charge on any atom is -0.444 e. The second-order valence-electron chi connectivity index (χ2n) is 5.49. The van der Waals surface area contributed by atoms with Crippen molar-refractivity contribution in [1.82, 2.24) is 5.32 Å². The van der Waals surface area contributed by atoms with E-state index in [2.05, 4.69) is 17.2 Å². The molecule has 2 N–H and O–H groups in total. The van der Waals surface area contributed by atoms with Crippen LogP contribution in [0, 0.1) is 17.7 Å². The molecule has 1 rings (SSSR count). The van der Waals surface area contributed by atoms with Crippen molar-refractivity contribution in [2.75, 3.05) is 6.54 Å². The topological polar surface area (TPSA) is 58.6 Å². The number of aliphatic hydroxyl groups is 1. The van der Waals surface area contributed by atoms with E-state index in [4.69, 9.17) is 9.84 Å². The third-order valence-electron chi connectivity index (χ3n) is 2.29. The van der Waals surface area contributed by atoms with E-state index >= 15 is 0 Å². The van der Waals surface area contributed by atoms with Gasteiger partial charge in [-0.2, -0.15) is 0 Å². The third-order valence-corrected chi connectivity index (χ3v) is 2.29. The first kappa shape index (κ1) is 17.0. The molecule has 0 radical (unpaired) electrons. The lowest BCUT2D eigenvalue weighted by Gasteiger charge is -2.19. The molecule has 1 aromatic carbocycles. The van der Waals surface area contributed by atoms with Crippen LogP contribution in [-0.2, 0) is 11.3 Å². The van der Waals surface area contributed by atoms with Gasteiger partial charge in [-0.15, -0.1) is 0 Å². The lowest BCUT2D eigenvalue weighted by atomic mass is 10.1. The lowest BCUT2D eigenvalue weighted by Crippen LogP contribution is -2.32. The molecule has 5 heteroatoms. The van der Waals surface area contributed by atoms with Gasteiger partial charge in [0.25, 0.3) is 0 Å². The van der Waals surface area contributed by atoms with Gasteiger partial charge in [-0.3, -0.25) is 0 Å². The quantitative estimate of drug-likeness (QED) is 0.665. The summed E-state index contributed by atoms with van der Waals surface area (Å²) in [7, 11) is 0. The van der Waals surface area contributed by atoms with Gasteiger partial charge in [0.2, 0.25) is 0 Å². The molecule has 0 fully saturated rings. The molecule has 1 aromatic rings. The molecule has 0 unspecified atom stereocenters. The number of nitrogens with one attached hydrogen (secondary N) is 1. The number of hydrogen-bond donors (Lipinski definition) is 2. The Labute approximate surface area is 124 Å². The smallest absolute Gasteiger partial charge is 0.407 e. The highest BCUT2D eigenvalue weighted by Crippen LogP contribution is 2.08. The van der Waals surface area contributed by atoms with Crippen LogP contribution in [0.1, 0.15) is 38.3 Å². The molecule has 0 saturated heterocycles. The van der Waals surface area contributed by atoms with E-state index in [0.29, 0.717) is 24.1 Å². The van der Waals surface area contributed by atoms with Crippen LogP contribution in [-0.4, -0.2) is 23.3 Å². The molecule has 0 atom stereocenters. The fraction of sp³-hybridized carbons (Fsp3) is 0.438.